The molecule has 3 heteroatoms. The van der Waals surface area contributed by atoms with Crippen LogP contribution in [0, 0.1) is 27.7 Å². The highest BCUT2D eigenvalue weighted by Gasteiger charge is 2.16. The van der Waals surface area contributed by atoms with Gasteiger partial charge in [0.05, 0.1) is 21.8 Å². The van der Waals surface area contributed by atoms with E-state index in [1.165, 1.54) is 32.9 Å². The lowest BCUT2D eigenvalue weighted by molar-refractivity contribution is 0.660. The topological polar surface area (TPSA) is 35.1 Å². The van der Waals surface area contributed by atoms with E-state index in [9.17, 15) is 4.79 Å². The summed E-state index contributed by atoms with van der Waals surface area (Å²) < 4.78 is 8.59. The first-order valence-corrected chi connectivity index (χ1v) is 13.0. The highest BCUT2D eigenvalue weighted by molar-refractivity contribution is 6.11. The Morgan fingerprint density at radius 2 is 1.21 bits per heavy atom. The van der Waals surface area contributed by atoms with E-state index in [0.717, 1.165) is 27.9 Å². The molecule has 2 heterocycles. The molecule has 0 fully saturated rings. The number of hydrogen-bond acceptors (Lipinski definition) is 2. The highest BCUT2D eigenvalue weighted by Crippen LogP contribution is 2.36. The molecule has 184 valence electrons. The molecular formula is C35H27NO2. The number of aryl methyl sites for hydroxylation is 4. The summed E-state index contributed by atoms with van der Waals surface area (Å²) in [5.74, 6) is 0. The van der Waals surface area contributed by atoms with Crippen molar-refractivity contribution < 1.29 is 4.42 Å². The Labute approximate surface area is 220 Å². The third-order valence-corrected chi connectivity index (χ3v) is 7.82. The third-order valence-electron chi connectivity index (χ3n) is 7.82. The van der Waals surface area contributed by atoms with Crippen molar-refractivity contribution in [2.24, 2.45) is 0 Å². The molecule has 0 N–H and O–H groups in total. The average Bonchev–Trinajstić information content (AvgIpc) is 3.27. The second kappa shape index (κ2) is 8.19. The van der Waals surface area contributed by atoms with Crippen LogP contribution in [0.25, 0.3) is 60.6 Å². The number of fused-ring (bicyclic) bond motifs is 5. The summed E-state index contributed by atoms with van der Waals surface area (Å²) in [5, 5.41) is 3.80. The van der Waals surface area contributed by atoms with Crippen LogP contribution in [-0.2, 0) is 0 Å². The molecule has 0 saturated heterocycles. The second-order valence-corrected chi connectivity index (χ2v) is 10.4. The van der Waals surface area contributed by atoms with Crippen LogP contribution < -0.4 is 5.43 Å². The van der Waals surface area contributed by atoms with Gasteiger partial charge in [-0.3, -0.25) is 4.79 Å². The first kappa shape index (κ1) is 22.6. The minimum Gasteiger partial charge on any atom is -0.456 e. The van der Waals surface area contributed by atoms with Crippen molar-refractivity contribution in [1.29, 1.82) is 0 Å². The Balaban J connectivity index is 1.41. The summed E-state index contributed by atoms with van der Waals surface area (Å²) in [4.78, 5) is 13.2. The fourth-order valence-electron chi connectivity index (χ4n) is 5.94. The Kier molecular flexibility index (Phi) is 4.86. The molecule has 0 saturated carbocycles. The summed E-state index contributed by atoms with van der Waals surface area (Å²) in [6.07, 6.45) is 0. The van der Waals surface area contributed by atoms with Crippen molar-refractivity contribution >= 4 is 43.7 Å². The van der Waals surface area contributed by atoms with E-state index in [0.29, 0.717) is 21.9 Å². The van der Waals surface area contributed by atoms with Crippen LogP contribution in [0.15, 0.2) is 100 Å². The van der Waals surface area contributed by atoms with Crippen LogP contribution in [0.2, 0.25) is 0 Å². The molecule has 3 nitrogen and oxygen atoms in total. The summed E-state index contributed by atoms with van der Waals surface area (Å²) in [6.45, 7) is 8.41. The lowest BCUT2D eigenvalue weighted by atomic mass is 9.97. The molecule has 0 unspecified atom stereocenters. The van der Waals surface area contributed by atoms with E-state index in [2.05, 4.69) is 86.0 Å². The van der Waals surface area contributed by atoms with Gasteiger partial charge in [-0.1, -0.05) is 60.2 Å². The first-order chi connectivity index (χ1) is 18.4. The van der Waals surface area contributed by atoms with Gasteiger partial charge in [-0.2, -0.15) is 0 Å². The highest BCUT2D eigenvalue weighted by atomic mass is 16.3. The molecule has 0 spiro atoms. The minimum atomic E-state index is 0.0204. The van der Waals surface area contributed by atoms with Crippen LogP contribution in [0.4, 0.5) is 0 Å². The van der Waals surface area contributed by atoms with Crippen molar-refractivity contribution in [3.05, 3.63) is 123 Å². The van der Waals surface area contributed by atoms with Crippen molar-refractivity contribution in [3.8, 4) is 16.8 Å². The van der Waals surface area contributed by atoms with Gasteiger partial charge in [-0.05, 0) is 91.9 Å². The van der Waals surface area contributed by atoms with Crippen LogP contribution in [0.3, 0.4) is 0 Å². The number of nitrogens with zero attached hydrogens (tertiary/aromatic N) is 1. The molecule has 2 aromatic heterocycles. The first-order valence-electron chi connectivity index (χ1n) is 13.0. The van der Waals surface area contributed by atoms with E-state index in [1.807, 2.05) is 37.3 Å². The zero-order valence-electron chi connectivity index (χ0n) is 21.9. The van der Waals surface area contributed by atoms with Gasteiger partial charge < -0.3 is 8.98 Å². The molecule has 7 rings (SSSR count). The Morgan fingerprint density at radius 3 is 1.87 bits per heavy atom. The fraction of sp³-hybridized carbons (Fsp3) is 0.114. The maximum absolute atomic E-state index is 13.2. The molecule has 0 aliphatic heterocycles. The summed E-state index contributed by atoms with van der Waals surface area (Å²) in [7, 11) is 0. The van der Waals surface area contributed by atoms with Crippen LogP contribution in [0.5, 0.6) is 0 Å². The quantitative estimate of drug-likeness (QED) is 0.225. The van der Waals surface area contributed by atoms with Crippen LogP contribution >= 0.6 is 0 Å². The smallest absolute Gasteiger partial charge is 0.200 e. The van der Waals surface area contributed by atoms with Gasteiger partial charge in [-0.25, -0.2) is 0 Å². The van der Waals surface area contributed by atoms with Crippen LogP contribution in [0.1, 0.15) is 22.3 Å². The van der Waals surface area contributed by atoms with Gasteiger partial charge in [0, 0.05) is 16.5 Å². The zero-order chi connectivity index (χ0) is 26.1. The van der Waals surface area contributed by atoms with E-state index in [1.54, 1.807) is 0 Å². The van der Waals surface area contributed by atoms with Gasteiger partial charge in [-0.15, -0.1) is 0 Å². The van der Waals surface area contributed by atoms with Gasteiger partial charge in [0.25, 0.3) is 0 Å². The lowest BCUT2D eigenvalue weighted by Gasteiger charge is -2.13. The van der Waals surface area contributed by atoms with Crippen LogP contribution in [-0.4, -0.2) is 4.57 Å². The van der Waals surface area contributed by atoms with E-state index < -0.39 is 0 Å². The number of para-hydroxylation sites is 2. The third kappa shape index (κ3) is 3.25. The summed E-state index contributed by atoms with van der Waals surface area (Å²) in [5.41, 5.74) is 11.6. The van der Waals surface area contributed by atoms with Crippen molar-refractivity contribution in [1.82, 2.24) is 4.57 Å². The SMILES string of the molecule is Cc1ccc2oc3cc(-c4ccc(-n5c6c(C)cccc6c6cccc(C)c65)cc4)c(C)cc3c(=O)c2c1. The average molecular weight is 494 g/mol. The molecule has 0 aliphatic rings. The Hall–Kier alpha value is -4.63. The Morgan fingerprint density at radius 1 is 0.579 bits per heavy atom. The van der Waals surface area contributed by atoms with Gasteiger partial charge in [0.15, 0.2) is 0 Å². The number of rotatable bonds is 2. The van der Waals surface area contributed by atoms with Gasteiger partial charge in [0.2, 0.25) is 5.43 Å². The molecule has 5 aromatic carbocycles. The predicted octanol–water partition coefficient (Wildman–Crippen LogP) is 8.94. The lowest BCUT2D eigenvalue weighted by Crippen LogP contribution is -2.03. The monoisotopic (exact) mass is 493 g/mol. The summed E-state index contributed by atoms with van der Waals surface area (Å²) in [6, 6.07) is 31.5. The minimum absolute atomic E-state index is 0.0204. The van der Waals surface area contributed by atoms with Crippen molar-refractivity contribution in [2.75, 3.05) is 0 Å². The molecule has 0 aliphatic carbocycles. The molecule has 38 heavy (non-hydrogen) atoms. The van der Waals surface area contributed by atoms with Gasteiger partial charge >= 0.3 is 0 Å². The normalized spacial score (nSPS) is 11.8. The summed E-state index contributed by atoms with van der Waals surface area (Å²) >= 11 is 0. The molecule has 0 bridgehead atoms. The fourth-order valence-corrected chi connectivity index (χ4v) is 5.94. The molecule has 7 aromatic rings. The maximum Gasteiger partial charge on any atom is 0.200 e. The maximum atomic E-state index is 13.2. The predicted molar refractivity (Wildman–Crippen MR) is 159 cm³/mol. The standard InChI is InChI=1S/C35H27NO2/c1-20-11-16-31-29(17-20)35(37)30-18-23(4)28(19-32(30)38-31)24-12-14-25(15-13-24)36-33-21(2)7-5-9-26(33)27-10-6-8-22(3)34(27)36/h5-19H,1-4H3. The zero-order valence-corrected chi connectivity index (χ0v) is 21.9. The van der Waals surface area contributed by atoms with Crippen molar-refractivity contribution in [2.45, 2.75) is 27.7 Å². The second-order valence-electron chi connectivity index (χ2n) is 10.4. The Bertz CT molecular complexity index is 2070. The number of benzene rings is 5. The number of hydrogen-bond donors (Lipinski definition) is 0. The molecular weight excluding hydrogens is 466 g/mol. The van der Waals surface area contributed by atoms with E-state index in [-0.39, 0.29) is 5.43 Å². The largest absolute Gasteiger partial charge is 0.456 e. The van der Waals surface area contributed by atoms with Crippen molar-refractivity contribution in [3.63, 3.8) is 0 Å². The van der Waals surface area contributed by atoms with Gasteiger partial charge in [0.1, 0.15) is 11.2 Å². The van der Waals surface area contributed by atoms with E-state index in [4.69, 9.17) is 4.42 Å². The molecule has 0 amide bonds. The van der Waals surface area contributed by atoms with E-state index >= 15 is 0 Å². The number of aromatic nitrogens is 1. The molecule has 0 atom stereocenters. The molecule has 0 radical (unpaired) electrons.